The Morgan fingerprint density at radius 3 is 2.62 bits per heavy atom. The first-order valence-corrected chi connectivity index (χ1v) is 6.30. The Morgan fingerprint density at radius 1 is 1.29 bits per heavy atom. The first kappa shape index (κ1) is 15.2. The summed E-state index contributed by atoms with van der Waals surface area (Å²) in [6.45, 7) is 0.329. The van der Waals surface area contributed by atoms with Gasteiger partial charge in [-0.1, -0.05) is 12.2 Å². The van der Waals surface area contributed by atoms with E-state index < -0.39 is 11.7 Å². The maximum Gasteiger partial charge on any atom is 0.417 e. The van der Waals surface area contributed by atoms with E-state index in [1.54, 1.807) is 12.1 Å². The molecular weight excluding hydrogens is 301 g/mol. The van der Waals surface area contributed by atoms with Crippen LogP contribution in [0.25, 0.3) is 0 Å². The molecule has 0 aliphatic carbocycles. The van der Waals surface area contributed by atoms with Gasteiger partial charge in [-0.15, -0.1) is 0 Å². The number of benzene rings is 1. The molecule has 0 saturated heterocycles. The lowest BCUT2D eigenvalue weighted by atomic mass is 10.1. The SMILES string of the molecule is NC(=S)c1cc(NCc2cccnn2)ccc1C(F)(F)F. The normalized spacial score (nSPS) is 11.2. The third kappa shape index (κ3) is 3.88. The lowest BCUT2D eigenvalue weighted by molar-refractivity contribution is -0.137. The quantitative estimate of drug-likeness (QED) is 0.850. The van der Waals surface area contributed by atoms with Crippen LogP contribution in [0.5, 0.6) is 0 Å². The molecule has 0 spiro atoms. The van der Waals surface area contributed by atoms with Crippen molar-refractivity contribution in [1.82, 2.24) is 10.2 Å². The van der Waals surface area contributed by atoms with Crippen LogP contribution in [0, 0.1) is 0 Å². The van der Waals surface area contributed by atoms with Gasteiger partial charge in [0.25, 0.3) is 0 Å². The van der Waals surface area contributed by atoms with Crippen molar-refractivity contribution in [2.45, 2.75) is 12.7 Å². The van der Waals surface area contributed by atoms with E-state index in [9.17, 15) is 13.2 Å². The summed E-state index contributed by atoms with van der Waals surface area (Å²) >= 11 is 4.68. The molecule has 1 heterocycles. The van der Waals surface area contributed by atoms with Crippen molar-refractivity contribution >= 4 is 22.9 Å². The fourth-order valence-electron chi connectivity index (χ4n) is 1.73. The van der Waals surface area contributed by atoms with E-state index in [0.29, 0.717) is 17.9 Å². The molecule has 0 atom stereocenters. The van der Waals surface area contributed by atoms with Crippen molar-refractivity contribution in [2.24, 2.45) is 5.73 Å². The number of aromatic nitrogens is 2. The third-order valence-electron chi connectivity index (χ3n) is 2.69. The van der Waals surface area contributed by atoms with E-state index in [4.69, 9.17) is 5.73 Å². The van der Waals surface area contributed by atoms with E-state index in [1.165, 1.54) is 18.3 Å². The summed E-state index contributed by atoms with van der Waals surface area (Å²) < 4.78 is 38.5. The molecule has 0 bridgehead atoms. The molecule has 1 aromatic carbocycles. The minimum Gasteiger partial charge on any atom is -0.389 e. The van der Waals surface area contributed by atoms with E-state index >= 15 is 0 Å². The van der Waals surface area contributed by atoms with Gasteiger partial charge in [0.15, 0.2) is 0 Å². The zero-order valence-electron chi connectivity index (χ0n) is 10.7. The number of halogens is 3. The lowest BCUT2D eigenvalue weighted by Gasteiger charge is -2.14. The number of hydrogen-bond acceptors (Lipinski definition) is 4. The molecule has 1 aromatic heterocycles. The summed E-state index contributed by atoms with van der Waals surface area (Å²) in [5.74, 6) is 0. The topological polar surface area (TPSA) is 63.8 Å². The van der Waals surface area contributed by atoms with Gasteiger partial charge in [0, 0.05) is 17.4 Å². The van der Waals surface area contributed by atoms with Gasteiger partial charge in [-0.3, -0.25) is 0 Å². The Labute approximate surface area is 124 Å². The molecular formula is C13H11F3N4S. The van der Waals surface area contributed by atoms with Gasteiger partial charge >= 0.3 is 6.18 Å². The minimum atomic E-state index is -4.50. The van der Waals surface area contributed by atoms with Crippen LogP contribution in [0.1, 0.15) is 16.8 Å². The molecule has 0 fully saturated rings. The van der Waals surface area contributed by atoms with E-state index in [0.717, 1.165) is 6.07 Å². The maximum atomic E-state index is 12.8. The fourth-order valence-corrected chi connectivity index (χ4v) is 1.89. The second-order valence-electron chi connectivity index (χ2n) is 4.19. The first-order chi connectivity index (χ1) is 9.88. The number of nitrogens with one attached hydrogen (secondary N) is 1. The van der Waals surface area contributed by atoms with Gasteiger partial charge in [-0.25, -0.2) is 0 Å². The largest absolute Gasteiger partial charge is 0.417 e. The predicted octanol–water partition coefficient (Wildman–Crippen LogP) is 2.74. The average molecular weight is 312 g/mol. The zero-order chi connectivity index (χ0) is 15.5. The van der Waals surface area contributed by atoms with E-state index in [1.807, 2.05) is 0 Å². The molecule has 0 radical (unpaired) electrons. The van der Waals surface area contributed by atoms with Crippen LogP contribution in [0.3, 0.4) is 0 Å². The number of thiocarbonyl (C=S) groups is 1. The van der Waals surface area contributed by atoms with Crippen molar-refractivity contribution < 1.29 is 13.2 Å². The standard InChI is InChI=1S/C13H11F3N4S/c14-13(15,16)11-4-3-8(6-10(11)12(17)21)18-7-9-2-1-5-19-20-9/h1-6,18H,7H2,(H2,17,21). The number of anilines is 1. The van der Waals surface area contributed by atoms with E-state index in [-0.39, 0.29) is 10.6 Å². The van der Waals surface area contributed by atoms with Crippen molar-refractivity contribution in [2.75, 3.05) is 5.32 Å². The smallest absolute Gasteiger partial charge is 0.389 e. The van der Waals surface area contributed by atoms with Crippen LogP contribution >= 0.6 is 12.2 Å². The lowest BCUT2D eigenvalue weighted by Crippen LogP contribution is -2.18. The number of rotatable bonds is 4. The molecule has 0 unspecified atom stereocenters. The van der Waals surface area contributed by atoms with Crippen LogP contribution in [0.15, 0.2) is 36.5 Å². The van der Waals surface area contributed by atoms with Crippen molar-refractivity contribution in [3.63, 3.8) is 0 Å². The van der Waals surface area contributed by atoms with Crippen LogP contribution in [-0.4, -0.2) is 15.2 Å². The highest BCUT2D eigenvalue weighted by atomic mass is 32.1. The molecule has 3 N–H and O–H groups in total. The number of nitrogens with zero attached hydrogens (tertiary/aromatic N) is 2. The molecule has 0 amide bonds. The minimum absolute atomic E-state index is 0.207. The Morgan fingerprint density at radius 2 is 2.05 bits per heavy atom. The molecule has 4 nitrogen and oxygen atoms in total. The zero-order valence-corrected chi connectivity index (χ0v) is 11.5. The summed E-state index contributed by atoms with van der Waals surface area (Å²) in [5.41, 5.74) is 5.45. The number of nitrogens with two attached hydrogens (primary N) is 1. The molecule has 0 aliphatic rings. The monoisotopic (exact) mass is 312 g/mol. The highest BCUT2D eigenvalue weighted by Crippen LogP contribution is 2.33. The van der Waals surface area contributed by atoms with Gasteiger partial charge in [0.2, 0.25) is 0 Å². The Hall–Kier alpha value is -2.22. The Kier molecular flexibility index (Phi) is 4.37. The second-order valence-corrected chi connectivity index (χ2v) is 4.63. The van der Waals surface area contributed by atoms with Crippen LogP contribution < -0.4 is 11.1 Å². The summed E-state index contributed by atoms with van der Waals surface area (Å²) in [4.78, 5) is -0.300. The van der Waals surface area contributed by atoms with Gasteiger partial charge in [0.1, 0.15) is 4.99 Å². The summed E-state index contributed by atoms with van der Waals surface area (Å²) in [6, 6.07) is 7.02. The van der Waals surface area contributed by atoms with Gasteiger partial charge in [-0.2, -0.15) is 23.4 Å². The maximum absolute atomic E-state index is 12.8. The molecule has 21 heavy (non-hydrogen) atoms. The number of alkyl halides is 3. The van der Waals surface area contributed by atoms with Gasteiger partial charge < -0.3 is 11.1 Å². The molecule has 2 aromatic rings. The summed E-state index contributed by atoms with van der Waals surface area (Å²) in [6.07, 6.45) is -2.96. The molecule has 110 valence electrons. The Balaban J connectivity index is 2.22. The van der Waals surface area contributed by atoms with Crippen molar-refractivity contribution in [3.05, 3.63) is 53.3 Å². The highest BCUT2D eigenvalue weighted by Gasteiger charge is 2.34. The molecule has 0 saturated carbocycles. The highest BCUT2D eigenvalue weighted by molar-refractivity contribution is 7.80. The summed E-state index contributed by atoms with van der Waals surface area (Å²) in [5, 5.41) is 10.5. The van der Waals surface area contributed by atoms with Crippen molar-refractivity contribution in [1.29, 1.82) is 0 Å². The van der Waals surface area contributed by atoms with Crippen LogP contribution in [0.2, 0.25) is 0 Å². The first-order valence-electron chi connectivity index (χ1n) is 5.89. The number of hydrogen-bond donors (Lipinski definition) is 2. The molecule has 8 heteroatoms. The summed E-state index contributed by atoms with van der Waals surface area (Å²) in [7, 11) is 0. The second kappa shape index (κ2) is 6.04. The van der Waals surface area contributed by atoms with Crippen LogP contribution in [-0.2, 0) is 12.7 Å². The van der Waals surface area contributed by atoms with Gasteiger partial charge in [0.05, 0.1) is 17.8 Å². The molecule has 0 aliphatic heterocycles. The Bertz CT molecular complexity index is 644. The average Bonchev–Trinajstić information content (AvgIpc) is 2.45. The predicted molar refractivity (Wildman–Crippen MR) is 76.7 cm³/mol. The van der Waals surface area contributed by atoms with Gasteiger partial charge in [-0.05, 0) is 30.3 Å². The van der Waals surface area contributed by atoms with Crippen molar-refractivity contribution in [3.8, 4) is 0 Å². The third-order valence-corrected chi connectivity index (χ3v) is 2.91. The van der Waals surface area contributed by atoms with E-state index in [2.05, 4.69) is 27.7 Å². The molecule has 2 rings (SSSR count). The van der Waals surface area contributed by atoms with Crippen LogP contribution in [0.4, 0.5) is 18.9 Å². The fraction of sp³-hybridized carbons (Fsp3) is 0.154.